The molecule has 1 aliphatic rings. The smallest absolute Gasteiger partial charge is 0.167 e. The van der Waals surface area contributed by atoms with Crippen LogP contribution in [0.2, 0.25) is 5.02 Å². The molecule has 4 N–H and O–H groups in total. The van der Waals surface area contributed by atoms with E-state index in [1.54, 1.807) is 0 Å². The molecule has 0 radical (unpaired) electrons. The maximum absolute atomic E-state index is 10.3. The molecule has 4 rings (SSSR count). The van der Waals surface area contributed by atoms with E-state index in [0.29, 0.717) is 22.0 Å². The number of fused-ring (bicyclic) bond motifs is 1. The highest BCUT2D eigenvalue weighted by Crippen LogP contribution is 2.32. The second-order valence-electron chi connectivity index (χ2n) is 6.69. The quantitative estimate of drug-likeness (QED) is 0.500. The maximum Gasteiger partial charge on any atom is 0.167 e. The van der Waals surface area contributed by atoms with Crippen LogP contribution < -0.4 is 5.32 Å². The van der Waals surface area contributed by atoms with Gasteiger partial charge in [0, 0.05) is 5.02 Å². The lowest BCUT2D eigenvalue weighted by Crippen LogP contribution is -2.33. The van der Waals surface area contributed by atoms with Crippen LogP contribution in [0.25, 0.3) is 11.2 Å². The van der Waals surface area contributed by atoms with E-state index < -0.39 is 31.1 Å². The van der Waals surface area contributed by atoms with Crippen LogP contribution in [-0.4, -0.2) is 59.8 Å². The summed E-state index contributed by atoms with van der Waals surface area (Å²) in [7, 11) is 0. The average molecular weight is 406 g/mol. The minimum Gasteiger partial charge on any atom is -0.394 e. The van der Waals surface area contributed by atoms with E-state index in [1.165, 1.54) is 17.2 Å². The predicted molar refractivity (Wildman–Crippen MR) is 102 cm³/mol. The molecule has 0 spiro atoms. The molecule has 28 heavy (non-hydrogen) atoms. The zero-order valence-electron chi connectivity index (χ0n) is 15.0. The van der Waals surface area contributed by atoms with Gasteiger partial charge in [0.25, 0.3) is 0 Å². The number of halogens is 1. The fourth-order valence-corrected chi connectivity index (χ4v) is 3.42. The van der Waals surface area contributed by atoms with Gasteiger partial charge in [0.2, 0.25) is 0 Å². The summed E-state index contributed by atoms with van der Waals surface area (Å²) < 4.78 is 7.10. The lowest BCUT2D eigenvalue weighted by molar-refractivity contribution is -0.0511. The lowest BCUT2D eigenvalue weighted by atomic mass is 10.1. The Bertz CT molecular complexity index is 966. The van der Waals surface area contributed by atoms with E-state index in [-0.39, 0.29) is 6.04 Å². The molecule has 1 aliphatic heterocycles. The van der Waals surface area contributed by atoms with Crippen LogP contribution in [0, 0.1) is 0 Å². The van der Waals surface area contributed by atoms with Gasteiger partial charge >= 0.3 is 0 Å². The second kappa shape index (κ2) is 7.61. The first-order chi connectivity index (χ1) is 13.5. The Morgan fingerprint density at radius 2 is 1.93 bits per heavy atom. The van der Waals surface area contributed by atoms with Crippen LogP contribution in [0.4, 0.5) is 5.82 Å². The van der Waals surface area contributed by atoms with Crippen molar-refractivity contribution in [1.82, 2.24) is 19.5 Å². The summed E-state index contributed by atoms with van der Waals surface area (Å²) in [5, 5.41) is 33.5. The minimum absolute atomic E-state index is 0.0607. The molecule has 10 heteroatoms. The molecular weight excluding hydrogens is 386 g/mol. The molecule has 148 valence electrons. The molecular formula is C18H20ClN5O4. The van der Waals surface area contributed by atoms with Gasteiger partial charge in [-0.1, -0.05) is 23.7 Å². The highest BCUT2D eigenvalue weighted by atomic mass is 35.5. The van der Waals surface area contributed by atoms with E-state index in [2.05, 4.69) is 20.3 Å². The van der Waals surface area contributed by atoms with Crippen LogP contribution in [-0.2, 0) is 4.74 Å². The first kappa shape index (κ1) is 19.0. The largest absolute Gasteiger partial charge is 0.394 e. The Hall–Kier alpha value is -2.30. The van der Waals surface area contributed by atoms with Crippen LogP contribution >= 0.6 is 11.6 Å². The van der Waals surface area contributed by atoms with Crippen molar-refractivity contribution in [2.45, 2.75) is 37.5 Å². The first-order valence-electron chi connectivity index (χ1n) is 8.81. The SMILES string of the molecule is C[C@@H](Nc1ncnc2c1ncn2C1OC(CO)C(O)C1O)c1ccc(Cl)cc1. The number of hydrogen-bond donors (Lipinski definition) is 4. The fraction of sp³-hybridized carbons (Fsp3) is 0.389. The highest BCUT2D eigenvalue weighted by Gasteiger charge is 2.44. The van der Waals surface area contributed by atoms with Crippen molar-refractivity contribution < 1.29 is 20.1 Å². The Morgan fingerprint density at radius 3 is 2.61 bits per heavy atom. The minimum atomic E-state index is -1.21. The maximum atomic E-state index is 10.3. The fourth-order valence-electron chi connectivity index (χ4n) is 3.29. The number of rotatable bonds is 5. The summed E-state index contributed by atoms with van der Waals surface area (Å²) in [6.45, 7) is 1.59. The molecule has 0 bridgehead atoms. The van der Waals surface area contributed by atoms with Crippen molar-refractivity contribution in [3.05, 3.63) is 47.5 Å². The number of aliphatic hydroxyl groups is 3. The van der Waals surface area contributed by atoms with Gasteiger partial charge in [0.05, 0.1) is 19.0 Å². The number of anilines is 1. The molecule has 3 aromatic rings. The van der Waals surface area contributed by atoms with Gasteiger partial charge in [-0.3, -0.25) is 4.57 Å². The molecule has 0 saturated carbocycles. The summed E-state index contributed by atoms with van der Waals surface area (Å²) in [6, 6.07) is 7.43. The van der Waals surface area contributed by atoms with Crippen molar-refractivity contribution in [3.63, 3.8) is 0 Å². The highest BCUT2D eigenvalue weighted by molar-refractivity contribution is 6.30. The van der Waals surface area contributed by atoms with E-state index in [0.717, 1.165) is 5.56 Å². The van der Waals surface area contributed by atoms with Crippen molar-refractivity contribution >= 4 is 28.6 Å². The van der Waals surface area contributed by atoms with Crippen molar-refractivity contribution in [1.29, 1.82) is 0 Å². The van der Waals surface area contributed by atoms with Crippen molar-refractivity contribution in [3.8, 4) is 0 Å². The Labute approximate surface area is 165 Å². The third-order valence-electron chi connectivity index (χ3n) is 4.87. The molecule has 3 heterocycles. The Kier molecular flexibility index (Phi) is 5.17. The number of nitrogens with one attached hydrogen (secondary N) is 1. The Balaban J connectivity index is 1.63. The number of aromatic nitrogens is 4. The van der Waals surface area contributed by atoms with Crippen LogP contribution in [0.1, 0.15) is 24.8 Å². The monoisotopic (exact) mass is 405 g/mol. The molecule has 9 nitrogen and oxygen atoms in total. The average Bonchev–Trinajstić information content (AvgIpc) is 3.24. The van der Waals surface area contributed by atoms with Gasteiger partial charge in [-0.05, 0) is 24.6 Å². The van der Waals surface area contributed by atoms with Gasteiger partial charge < -0.3 is 25.4 Å². The van der Waals surface area contributed by atoms with E-state index >= 15 is 0 Å². The number of hydrogen-bond acceptors (Lipinski definition) is 8. The first-order valence-corrected chi connectivity index (χ1v) is 9.19. The van der Waals surface area contributed by atoms with Crippen LogP contribution in [0.3, 0.4) is 0 Å². The number of imidazole rings is 1. The predicted octanol–water partition coefficient (Wildman–Crippen LogP) is 1.26. The molecule has 1 fully saturated rings. The third kappa shape index (κ3) is 3.31. The van der Waals surface area contributed by atoms with E-state index in [9.17, 15) is 15.3 Å². The number of benzene rings is 1. The molecule has 5 atom stereocenters. The third-order valence-corrected chi connectivity index (χ3v) is 5.13. The van der Waals surface area contributed by atoms with E-state index in [4.69, 9.17) is 16.3 Å². The normalized spacial score (nSPS) is 25.9. The van der Waals surface area contributed by atoms with Gasteiger partial charge in [0.15, 0.2) is 23.2 Å². The standard InChI is InChI=1S/C18H20ClN5O4/c1-9(10-2-4-11(19)5-3-10)23-16-13-17(21-7-20-16)24(8-22-13)18-15(27)14(26)12(6-25)28-18/h2-5,7-9,12,14-15,18,25-27H,6H2,1H3,(H,20,21,23)/t9-,12?,14?,15?,18?/m1/s1. The van der Waals surface area contributed by atoms with Crippen molar-refractivity contribution in [2.75, 3.05) is 11.9 Å². The van der Waals surface area contributed by atoms with E-state index in [1.807, 2.05) is 31.2 Å². The summed E-state index contributed by atoms with van der Waals surface area (Å²) in [4.78, 5) is 12.9. The zero-order chi connectivity index (χ0) is 19.8. The summed E-state index contributed by atoms with van der Waals surface area (Å²) in [5.41, 5.74) is 1.97. The number of ether oxygens (including phenoxy) is 1. The summed E-state index contributed by atoms with van der Waals surface area (Å²) in [5.74, 6) is 0.526. The van der Waals surface area contributed by atoms with Crippen molar-refractivity contribution in [2.24, 2.45) is 0 Å². The molecule has 2 aromatic heterocycles. The Morgan fingerprint density at radius 1 is 1.18 bits per heavy atom. The second-order valence-corrected chi connectivity index (χ2v) is 7.13. The van der Waals surface area contributed by atoms with Gasteiger partial charge in [-0.25, -0.2) is 15.0 Å². The molecule has 1 saturated heterocycles. The molecule has 0 aliphatic carbocycles. The van der Waals surface area contributed by atoms with Gasteiger partial charge in [-0.15, -0.1) is 0 Å². The summed E-state index contributed by atoms with van der Waals surface area (Å²) >= 11 is 5.94. The number of nitrogens with zero attached hydrogens (tertiary/aromatic N) is 4. The number of aliphatic hydroxyl groups excluding tert-OH is 3. The van der Waals surface area contributed by atoms with Gasteiger partial charge in [0.1, 0.15) is 24.6 Å². The molecule has 1 aromatic carbocycles. The zero-order valence-corrected chi connectivity index (χ0v) is 15.7. The molecule has 4 unspecified atom stereocenters. The van der Waals surface area contributed by atoms with Crippen LogP contribution in [0.5, 0.6) is 0 Å². The van der Waals surface area contributed by atoms with Crippen LogP contribution in [0.15, 0.2) is 36.9 Å². The lowest BCUT2D eigenvalue weighted by Gasteiger charge is -2.17. The summed E-state index contributed by atoms with van der Waals surface area (Å²) in [6.07, 6.45) is -1.34. The topological polar surface area (TPSA) is 126 Å². The molecule has 0 amide bonds. The van der Waals surface area contributed by atoms with Gasteiger partial charge in [-0.2, -0.15) is 0 Å².